The summed E-state index contributed by atoms with van der Waals surface area (Å²) in [5.41, 5.74) is 0.0972. The van der Waals surface area contributed by atoms with Crippen LogP contribution in [0, 0.1) is 11.6 Å². The highest BCUT2D eigenvalue weighted by Gasteiger charge is 2.05. The number of hydrogen-bond donors (Lipinski definition) is 0. The van der Waals surface area contributed by atoms with Gasteiger partial charge >= 0.3 is 0 Å². The Morgan fingerprint density at radius 2 is 2.09 bits per heavy atom. The van der Waals surface area contributed by atoms with E-state index in [0.29, 0.717) is 6.29 Å². The van der Waals surface area contributed by atoms with Crippen LogP contribution in [-0.4, -0.2) is 6.29 Å². The van der Waals surface area contributed by atoms with Gasteiger partial charge < -0.3 is 4.79 Å². The molecule has 11 heavy (non-hydrogen) atoms. The fraction of sp³-hybridized carbons (Fsp3) is 0.125. The third kappa shape index (κ3) is 1.61. The summed E-state index contributed by atoms with van der Waals surface area (Å²) in [5, 5.41) is 0. The van der Waals surface area contributed by atoms with E-state index in [1.54, 1.807) is 0 Å². The molecule has 0 saturated carbocycles. The summed E-state index contributed by atoms with van der Waals surface area (Å²) in [6.07, 6.45) is 0.460. The van der Waals surface area contributed by atoms with E-state index in [2.05, 4.69) is 0 Å². The second-order valence-corrected chi connectivity index (χ2v) is 2.08. The van der Waals surface area contributed by atoms with Gasteiger partial charge in [-0.3, -0.25) is 0 Å². The van der Waals surface area contributed by atoms with Crippen molar-refractivity contribution < 1.29 is 13.6 Å². The lowest BCUT2D eigenvalue weighted by Gasteiger charge is -1.97. The van der Waals surface area contributed by atoms with Gasteiger partial charge in [-0.05, 0) is 11.6 Å². The molecule has 3 heteroatoms. The molecular formula is C8H6F2O. The van der Waals surface area contributed by atoms with Crippen LogP contribution in [0.4, 0.5) is 8.78 Å². The largest absolute Gasteiger partial charge is 0.303 e. The summed E-state index contributed by atoms with van der Waals surface area (Å²) in [7, 11) is 0. The number of carbonyl (C=O) groups is 1. The average Bonchev–Trinajstić information content (AvgIpc) is 1.99. The van der Waals surface area contributed by atoms with Crippen LogP contribution < -0.4 is 0 Å². The Kier molecular flexibility index (Phi) is 2.31. The minimum absolute atomic E-state index is 0.0798. The first-order valence-electron chi connectivity index (χ1n) is 3.12. The van der Waals surface area contributed by atoms with Crippen molar-refractivity contribution >= 4 is 6.29 Å². The van der Waals surface area contributed by atoms with E-state index in [9.17, 15) is 13.6 Å². The first-order chi connectivity index (χ1) is 5.25. The minimum atomic E-state index is -0.931. The Balaban J connectivity index is 3.05. The van der Waals surface area contributed by atoms with Crippen molar-refractivity contribution in [3.63, 3.8) is 0 Å². The molecule has 0 heterocycles. The summed E-state index contributed by atoms with van der Waals surface area (Å²) in [6.45, 7) is 0. The zero-order valence-electron chi connectivity index (χ0n) is 5.68. The average molecular weight is 156 g/mol. The maximum Gasteiger partial charge on any atom is 0.162 e. The van der Waals surface area contributed by atoms with Gasteiger partial charge in [0.2, 0.25) is 0 Å². The number of hydrogen-bond acceptors (Lipinski definition) is 1. The zero-order chi connectivity index (χ0) is 8.27. The molecule has 0 radical (unpaired) electrons. The van der Waals surface area contributed by atoms with Gasteiger partial charge in [0.1, 0.15) is 6.29 Å². The lowest BCUT2D eigenvalue weighted by molar-refractivity contribution is -0.107. The molecule has 0 saturated heterocycles. The molecule has 0 aliphatic heterocycles. The molecule has 0 spiro atoms. The maximum absolute atomic E-state index is 12.7. The van der Waals surface area contributed by atoms with Gasteiger partial charge in [0.15, 0.2) is 11.6 Å². The van der Waals surface area contributed by atoms with E-state index in [1.807, 2.05) is 0 Å². The standard InChI is InChI=1S/C8H6F2O/c9-7-3-1-2-6(4-5-11)8(7)10/h1-3,5H,4H2. The van der Waals surface area contributed by atoms with Crippen LogP contribution in [-0.2, 0) is 11.2 Å². The van der Waals surface area contributed by atoms with Crippen LogP contribution in [0.25, 0.3) is 0 Å². The summed E-state index contributed by atoms with van der Waals surface area (Å²) >= 11 is 0. The molecule has 0 atom stereocenters. The Bertz CT molecular complexity index is 271. The minimum Gasteiger partial charge on any atom is -0.303 e. The number of aldehydes is 1. The van der Waals surface area contributed by atoms with Crippen LogP contribution in [0.1, 0.15) is 5.56 Å². The van der Waals surface area contributed by atoms with E-state index in [4.69, 9.17) is 0 Å². The van der Waals surface area contributed by atoms with Crippen molar-refractivity contribution in [2.24, 2.45) is 0 Å². The fourth-order valence-electron chi connectivity index (χ4n) is 0.796. The predicted octanol–water partition coefficient (Wildman–Crippen LogP) is 1.71. The van der Waals surface area contributed by atoms with E-state index < -0.39 is 11.6 Å². The fourth-order valence-corrected chi connectivity index (χ4v) is 0.796. The maximum atomic E-state index is 12.7. The third-order valence-electron chi connectivity index (χ3n) is 1.33. The molecule has 0 unspecified atom stereocenters. The molecule has 0 N–H and O–H groups in total. The first kappa shape index (κ1) is 7.85. The monoisotopic (exact) mass is 156 g/mol. The van der Waals surface area contributed by atoms with Crippen LogP contribution in [0.5, 0.6) is 0 Å². The lowest BCUT2D eigenvalue weighted by Crippen LogP contribution is -1.94. The molecule has 0 aromatic heterocycles. The van der Waals surface area contributed by atoms with E-state index in [1.165, 1.54) is 12.1 Å². The Labute approximate surface area is 62.7 Å². The molecule has 58 valence electrons. The van der Waals surface area contributed by atoms with Crippen molar-refractivity contribution in [3.8, 4) is 0 Å². The number of carbonyl (C=O) groups excluding carboxylic acids is 1. The quantitative estimate of drug-likeness (QED) is 0.595. The number of benzene rings is 1. The molecule has 0 fully saturated rings. The van der Waals surface area contributed by atoms with Gasteiger partial charge in [-0.25, -0.2) is 8.78 Å². The van der Waals surface area contributed by atoms with E-state index >= 15 is 0 Å². The molecule has 0 bridgehead atoms. The zero-order valence-corrected chi connectivity index (χ0v) is 5.68. The van der Waals surface area contributed by atoms with Gasteiger partial charge in [-0.1, -0.05) is 12.1 Å². The van der Waals surface area contributed by atoms with Crippen molar-refractivity contribution in [3.05, 3.63) is 35.4 Å². The van der Waals surface area contributed by atoms with E-state index in [-0.39, 0.29) is 12.0 Å². The molecule has 1 aromatic carbocycles. The molecule has 0 amide bonds. The van der Waals surface area contributed by atoms with E-state index in [0.717, 1.165) is 6.07 Å². The number of rotatable bonds is 2. The Hall–Kier alpha value is -1.25. The SMILES string of the molecule is O=CCc1cccc(F)c1F. The van der Waals surface area contributed by atoms with Crippen molar-refractivity contribution in [2.75, 3.05) is 0 Å². The van der Waals surface area contributed by atoms with Gasteiger partial charge in [0.25, 0.3) is 0 Å². The first-order valence-corrected chi connectivity index (χ1v) is 3.12. The summed E-state index contributed by atoms with van der Waals surface area (Å²) in [6, 6.07) is 3.77. The highest BCUT2D eigenvalue weighted by atomic mass is 19.2. The predicted molar refractivity (Wildman–Crippen MR) is 36.1 cm³/mol. The van der Waals surface area contributed by atoms with Crippen molar-refractivity contribution in [2.45, 2.75) is 6.42 Å². The normalized spacial score (nSPS) is 9.64. The van der Waals surface area contributed by atoms with Crippen LogP contribution in [0.15, 0.2) is 18.2 Å². The van der Waals surface area contributed by atoms with Gasteiger partial charge in [-0.15, -0.1) is 0 Å². The molecule has 1 nitrogen and oxygen atoms in total. The molecule has 0 aliphatic carbocycles. The summed E-state index contributed by atoms with van der Waals surface area (Å²) in [5.74, 6) is -1.84. The van der Waals surface area contributed by atoms with Crippen molar-refractivity contribution in [1.82, 2.24) is 0 Å². The second kappa shape index (κ2) is 3.23. The third-order valence-corrected chi connectivity index (χ3v) is 1.33. The van der Waals surface area contributed by atoms with Gasteiger partial charge in [0, 0.05) is 6.42 Å². The number of halogens is 2. The lowest BCUT2D eigenvalue weighted by atomic mass is 10.1. The van der Waals surface area contributed by atoms with Crippen LogP contribution in [0.3, 0.4) is 0 Å². The highest BCUT2D eigenvalue weighted by molar-refractivity contribution is 5.54. The summed E-state index contributed by atoms with van der Waals surface area (Å²) in [4.78, 5) is 9.95. The van der Waals surface area contributed by atoms with Gasteiger partial charge in [-0.2, -0.15) is 0 Å². The summed E-state index contributed by atoms with van der Waals surface area (Å²) < 4.78 is 25.1. The van der Waals surface area contributed by atoms with Gasteiger partial charge in [0.05, 0.1) is 0 Å². The Morgan fingerprint density at radius 3 is 2.73 bits per heavy atom. The Morgan fingerprint density at radius 1 is 1.36 bits per heavy atom. The van der Waals surface area contributed by atoms with Crippen LogP contribution >= 0.6 is 0 Å². The second-order valence-electron chi connectivity index (χ2n) is 2.08. The molecule has 0 aliphatic rings. The topological polar surface area (TPSA) is 17.1 Å². The molecule has 1 aromatic rings. The highest BCUT2D eigenvalue weighted by Crippen LogP contribution is 2.10. The molecular weight excluding hydrogens is 150 g/mol. The smallest absolute Gasteiger partial charge is 0.162 e. The molecule has 1 rings (SSSR count). The van der Waals surface area contributed by atoms with Crippen LogP contribution in [0.2, 0.25) is 0 Å². The van der Waals surface area contributed by atoms with Crippen molar-refractivity contribution in [1.29, 1.82) is 0 Å².